The molecular weight excluding hydrogens is 402 g/mol. The molecule has 11 heteroatoms. The summed E-state index contributed by atoms with van der Waals surface area (Å²) in [5.41, 5.74) is -1.46. The van der Waals surface area contributed by atoms with Crippen molar-refractivity contribution < 1.29 is 31.1 Å². The fourth-order valence-corrected chi connectivity index (χ4v) is 3.01. The van der Waals surface area contributed by atoms with Crippen LogP contribution in [0.25, 0.3) is 0 Å². The van der Waals surface area contributed by atoms with Gasteiger partial charge in [-0.1, -0.05) is 12.1 Å². The second kappa shape index (κ2) is 7.88. The summed E-state index contributed by atoms with van der Waals surface area (Å²) in [5.74, 6) is -0.314. The van der Waals surface area contributed by atoms with Crippen molar-refractivity contribution in [2.75, 3.05) is 18.0 Å². The molecule has 0 unspecified atom stereocenters. The van der Waals surface area contributed by atoms with Crippen molar-refractivity contribution >= 4 is 11.7 Å². The molecule has 1 fully saturated rings. The number of amides is 1. The van der Waals surface area contributed by atoms with Crippen molar-refractivity contribution in [2.45, 2.75) is 31.2 Å². The van der Waals surface area contributed by atoms with Crippen LogP contribution in [0.1, 0.15) is 23.2 Å². The largest absolute Gasteiger partial charge is 0.434 e. The highest BCUT2D eigenvalue weighted by Crippen LogP contribution is 2.30. The van der Waals surface area contributed by atoms with Gasteiger partial charge in [0, 0.05) is 19.1 Å². The molecule has 29 heavy (non-hydrogen) atoms. The minimum Gasteiger partial charge on any atom is -0.353 e. The van der Waals surface area contributed by atoms with Crippen LogP contribution in [0.2, 0.25) is 0 Å². The van der Waals surface area contributed by atoms with Crippen LogP contribution < -0.4 is 10.2 Å². The van der Waals surface area contributed by atoms with Crippen molar-refractivity contribution in [3.8, 4) is 0 Å². The minimum absolute atomic E-state index is 0.0688. The van der Waals surface area contributed by atoms with E-state index >= 15 is 0 Å². The van der Waals surface area contributed by atoms with Gasteiger partial charge in [0.05, 0.1) is 24.4 Å². The number of carbonyl (C=O) groups excluding carboxylic acids is 1. The second-order valence-electron chi connectivity index (χ2n) is 6.63. The molecule has 156 valence electrons. The summed E-state index contributed by atoms with van der Waals surface area (Å²) in [6, 6.07) is 3.98. The molecule has 0 bridgehead atoms. The SMILES string of the molecule is O=C(Cc1ccc(C(F)(F)F)cc1)N[C@@H]1CCN(c2cncc(C(F)(F)F)n2)C1. The minimum atomic E-state index is -4.60. The van der Waals surface area contributed by atoms with Crippen LogP contribution in [0.4, 0.5) is 32.2 Å². The molecule has 0 radical (unpaired) electrons. The Morgan fingerprint density at radius 1 is 1.07 bits per heavy atom. The summed E-state index contributed by atoms with van der Waals surface area (Å²) in [5, 5.41) is 2.74. The van der Waals surface area contributed by atoms with E-state index in [4.69, 9.17) is 0 Å². The molecule has 1 saturated heterocycles. The third-order valence-electron chi connectivity index (χ3n) is 4.44. The van der Waals surface area contributed by atoms with Crippen molar-refractivity contribution in [1.82, 2.24) is 15.3 Å². The van der Waals surface area contributed by atoms with E-state index < -0.39 is 23.6 Å². The molecule has 1 aromatic heterocycles. The Hall–Kier alpha value is -2.85. The number of aromatic nitrogens is 2. The molecule has 5 nitrogen and oxygen atoms in total. The number of nitrogens with one attached hydrogen (secondary N) is 1. The maximum absolute atomic E-state index is 12.8. The van der Waals surface area contributed by atoms with Gasteiger partial charge >= 0.3 is 12.4 Å². The molecule has 1 aromatic carbocycles. The fourth-order valence-electron chi connectivity index (χ4n) is 3.01. The number of rotatable bonds is 4. The molecule has 1 aliphatic rings. The Balaban J connectivity index is 1.55. The smallest absolute Gasteiger partial charge is 0.353 e. The van der Waals surface area contributed by atoms with Crippen LogP contribution in [0.15, 0.2) is 36.7 Å². The van der Waals surface area contributed by atoms with E-state index in [9.17, 15) is 31.1 Å². The molecule has 1 amide bonds. The number of hydrogen-bond acceptors (Lipinski definition) is 4. The Morgan fingerprint density at radius 2 is 1.76 bits per heavy atom. The molecule has 2 aromatic rings. The topological polar surface area (TPSA) is 58.1 Å². The van der Waals surface area contributed by atoms with Gasteiger partial charge in [-0.15, -0.1) is 0 Å². The van der Waals surface area contributed by atoms with Crippen molar-refractivity contribution in [2.24, 2.45) is 0 Å². The van der Waals surface area contributed by atoms with E-state index in [1.807, 2.05) is 0 Å². The molecule has 1 N–H and O–H groups in total. The molecule has 0 spiro atoms. The number of anilines is 1. The normalized spacial score (nSPS) is 17.4. The van der Waals surface area contributed by atoms with E-state index in [1.165, 1.54) is 18.3 Å². The van der Waals surface area contributed by atoms with Gasteiger partial charge in [-0.05, 0) is 24.1 Å². The monoisotopic (exact) mass is 418 g/mol. The molecule has 2 heterocycles. The van der Waals surface area contributed by atoms with Gasteiger partial charge in [0.2, 0.25) is 5.91 Å². The zero-order chi connectivity index (χ0) is 21.2. The van der Waals surface area contributed by atoms with Gasteiger partial charge in [0.15, 0.2) is 5.69 Å². The zero-order valence-corrected chi connectivity index (χ0v) is 14.9. The highest BCUT2D eigenvalue weighted by Gasteiger charge is 2.34. The molecule has 0 aliphatic carbocycles. The van der Waals surface area contributed by atoms with Crippen LogP contribution in [0.3, 0.4) is 0 Å². The van der Waals surface area contributed by atoms with Gasteiger partial charge in [-0.25, -0.2) is 4.98 Å². The zero-order valence-electron chi connectivity index (χ0n) is 14.9. The maximum Gasteiger partial charge on any atom is 0.434 e. The summed E-state index contributed by atoms with van der Waals surface area (Å²) < 4.78 is 76.0. The average Bonchev–Trinajstić information content (AvgIpc) is 3.09. The van der Waals surface area contributed by atoms with Crippen molar-refractivity contribution in [1.29, 1.82) is 0 Å². The first-order valence-electron chi connectivity index (χ1n) is 8.62. The van der Waals surface area contributed by atoms with Gasteiger partial charge in [0.1, 0.15) is 5.82 Å². The molecule has 3 rings (SSSR count). The molecular formula is C18H16F6N4O. The number of nitrogens with zero attached hydrogens (tertiary/aromatic N) is 3. The number of carbonyl (C=O) groups is 1. The third kappa shape index (κ3) is 5.36. The van der Waals surface area contributed by atoms with Gasteiger partial charge in [0.25, 0.3) is 0 Å². The Bertz CT molecular complexity index is 866. The van der Waals surface area contributed by atoms with E-state index in [2.05, 4.69) is 15.3 Å². The standard InChI is InChI=1S/C18H16F6N4O/c19-17(20,21)12-3-1-11(2-4-12)7-16(29)26-13-5-6-28(10-13)15-9-25-8-14(27-15)18(22,23)24/h1-4,8-9,13H,5-7,10H2,(H,26,29)/t13-/m1/s1. The van der Waals surface area contributed by atoms with E-state index in [0.717, 1.165) is 12.1 Å². The lowest BCUT2D eigenvalue weighted by atomic mass is 10.1. The van der Waals surface area contributed by atoms with Crippen molar-refractivity contribution in [3.05, 3.63) is 53.5 Å². The summed E-state index contributed by atoms with van der Waals surface area (Å²) in [7, 11) is 0. The van der Waals surface area contributed by atoms with Crippen LogP contribution in [-0.2, 0) is 23.6 Å². The van der Waals surface area contributed by atoms with Gasteiger partial charge in [-0.2, -0.15) is 26.3 Å². The van der Waals surface area contributed by atoms with Crippen LogP contribution in [0.5, 0.6) is 0 Å². The summed E-state index contributed by atoms with van der Waals surface area (Å²) in [6.07, 6.45) is -6.78. The summed E-state index contributed by atoms with van der Waals surface area (Å²) in [4.78, 5) is 20.9. The predicted molar refractivity (Wildman–Crippen MR) is 90.9 cm³/mol. The van der Waals surface area contributed by atoms with Crippen molar-refractivity contribution in [3.63, 3.8) is 0 Å². The molecule has 1 aliphatic heterocycles. The lowest BCUT2D eigenvalue weighted by molar-refractivity contribution is -0.141. The Labute approximate surface area is 161 Å². The van der Waals surface area contributed by atoms with E-state index in [0.29, 0.717) is 24.7 Å². The van der Waals surface area contributed by atoms with E-state index in [-0.39, 0.29) is 30.7 Å². The maximum atomic E-state index is 12.8. The molecule has 0 saturated carbocycles. The number of benzene rings is 1. The van der Waals surface area contributed by atoms with Crippen LogP contribution >= 0.6 is 0 Å². The number of hydrogen-bond donors (Lipinski definition) is 1. The van der Waals surface area contributed by atoms with Gasteiger partial charge < -0.3 is 10.2 Å². The Morgan fingerprint density at radius 3 is 2.38 bits per heavy atom. The first-order valence-corrected chi connectivity index (χ1v) is 8.62. The first kappa shape index (κ1) is 20.9. The first-order chi connectivity index (χ1) is 13.5. The predicted octanol–water partition coefficient (Wildman–Crippen LogP) is 3.45. The van der Waals surface area contributed by atoms with Crippen LogP contribution in [-0.4, -0.2) is 35.0 Å². The fraction of sp³-hybridized carbons (Fsp3) is 0.389. The van der Waals surface area contributed by atoms with Gasteiger partial charge in [-0.3, -0.25) is 9.78 Å². The quantitative estimate of drug-likeness (QED) is 0.773. The average molecular weight is 418 g/mol. The third-order valence-corrected chi connectivity index (χ3v) is 4.44. The highest BCUT2D eigenvalue weighted by atomic mass is 19.4. The summed E-state index contributed by atoms with van der Waals surface area (Å²) >= 11 is 0. The van der Waals surface area contributed by atoms with E-state index in [1.54, 1.807) is 4.90 Å². The highest BCUT2D eigenvalue weighted by molar-refractivity contribution is 5.79. The number of halogens is 6. The number of alkyl halides is 6. The second-order valence-corrected chi connectivity index (χ2v) is 6.63. The Kier molecular flexibility index (Phi) is 5.67. The lowest BCUT2D eigenvalue weighted by Crippen LogP contribution is -2.38. The summed E-state index contributed by atoms with van der Waals surface area (Å²) in [6.45, 7) is 0.649. The molecule has 1 atom stereocenters. The lowest BCUT2D eigenvalue weighted by Gasteiger charge is -2.18. The van der Waals surface area contributed by atoms with Crippen LogP contribution in [0, 0.1) is 0 Å².